The molecule has 0 saturated carbocycles. The molecule has 0 bridgehead atoms. The molecule has 1 atom stereocenters. The van der Waals surface area contributed by atoms with E-state index in [0.29, 0.717) is 0 Å². The Kier molecular flexibility index (Phi) is 4.35. The van der Waals surface area contributed by atoms with Crippen LogP contribution in [0, 0.1) is 41.5 Å². The number of hydrogen-bond acceptors (Lipinski definition) is 3. The van der Waals surface area contributed by atoms with Crippen molar-refractivity contribution < 1.29 is 8.39 Å². The van der Waals surface area contributed by atoms with Gasteiger partial charge in [-0.3, -0.25) is 4.18 Å². The van der Waals surface area contributed by atoms with Crippen LogP contribution >= 0.6 is 0 Å². The van der Waals surface area contributed by atoms with Gasteiger partial charge in [0, 0.05) is 5.56 Å². The van der Waals surface area contributed by atoms with Gasteiger partial charge < -0.3 is 0 Å². The van der Waals surface area contributed by atoms with Crippen molar-refractivity contribution >= 4 is 11.3 Å². The first kappa shape index (κ1) is 15.9. The Morgan fingerprint density at radius 3 is 2.19 bits per heavy atom. The lowest BCUT2D eigenvalue weighted by molar-refractivity contribution is 0.434. The third-order valence-corrected chi connectivity index (χ3v) is 5.18. The Hall–Kier alpha value is -1.46. The highest BCUT2D eigenvalue weighted by atomic mass is 32.2. The van der Waals surface area contributed by atoms with Gasteiger partial charge in [-0.05, 0) is 69.4 Å². The average Bonchev–Trinajstić information content (AvgIpc) is 2.73. The molecule has 1 aromatic carbocycles. The van der Waals surface area contributed by atoms with Crippen LogP contribution in [-0.4, -0.2) is 20.5 Å². The van der Waals surface area contributed by atoms with Crippen molar-refractivity contribution in [2.45, 2.75) is 41.5 Å². The molecule has 0 amide bonds. The summed E-state index contributed by atoms with van der Waals surface area (Å²) in [7, 11) is 1.42. The van der Waals surface area contributed by atoms with Gasteiger partial charge in [-0.15, -0.1) is 0 Å². The fraction of sp³-hybridized carbons (Fsp3) is 0.438. The van der Waals surface area contributed by atoms with E-state index in [1.165, 1.54) is 33.5 Å². The van der Waals surface area contributed by atoms with E-state index in [0.717, 1.165) is 22.5 Å². The van der Waals surface area contributed by atoms with Gasteiger partial charge >= 0.3 is 0 Å². The Balaban J connectivity index is 2.75. The van der Waals surface area contributed by atoms with Gasteiger partial charge in [-0.1, -0.05) is 6.07 Å². The van der Waals surface area contributed by atoms with E-state index in [1.807, 2.05) is 13.8 Å². The Morgan fingerprint density at radius 2 is 1.62 bits per heavy atom. The second-order valence-corrected chi connectivity index (χ2v) is 6.56. The highest BCUT2D eigenvalue weighted by Crippen LogP contribution is 2.33. The van der Waals surface area contributed by atoms with Crippen molar-refractivity contribution in [1.29, 1.82) is 0 Å². The van der Waals surface area contributed by atoms with E-state index in [2.05, 4.69) is 38.9 Å². The molecule has 0 aliphatic rings. The predicted molar refractivity (Wildman–Crippen MR) is 86.6 cm³/mol. The zero-order valence-electron chi connectivity index (χ0n) is 13.7. The smallest absolute Gasteiger partial charge is 0.276 e. The zero-order valence-corrected chi connectivity index (χ0v) is 14.5. The van der Waals surface area contributed by atoms with Crippen molar-refractivity contribution in [2.75, 3.05) is 7.11 Å². The first-order chi connectivity index (χ1) is 9.79. The maximum Gasteiger partial charge on any atom is 0.285 e. The van der Waals surface area contributed by atoms with Gasteiger partial charge in [0.15, 0.2) is 0 Å². The Bertz CT molecular complexity index is 733. The van der Waals surface area contributed by atoms with Crippen LogP contribution in [0.5, 0.6) is 0 Å². The van der Waals surface area contributed by atoms with Crippen LogP contribution in [0.3, 0.4) is 0 Å². The summed E-state index contributed by atoms with van der Waals surface area (Å²) >= 11 is -1.58. The highest BCUT2D eigenvalue weighted by Gasteiger charge is 2.20. The summed E-state index contributed by atoms with van der Waals surface area (Å²) in [4.78, 5) is 0. The molecule has 1 heterocycles. The maximum atomic E-state index is 11.9. The van der Waals surface area contributed by atoms with Gasteiger partial charge in [-0.25, -0.2) is 4.21 Å². The molecule has 0 spiro atoms. The number of aromatic nitrogens is 2. The van der Waals surface area contributed by atoms with E-state index >= 15 is 0 Å². The van der Waals surface area contributed by atoms with E-state index in [9.17, 15) is 4.21 Å². The van der Waals surface area contributed by atoms with Crippen molar-refractivity contribution in [1.82, 2.24) is 9.19 Å². The second kappa shape index (κ2) is 5.73. The molecule has 1 unspecified atom stereocenters. The quantitative estimate of drug-likeness (QED) is 0.872. The Morgan fingerprint density at radius 1 is 1.00 bits per heavy atom. The minimum absolute atomic E-state index is 0.863. The highest BCUT2D eigenvalue weighted by molar-refractivity contribution is 7.78. The molecule has 0 aliphatic carbocycles. The number of hydrogen-bond donors (Lipinski definition) is 0. The molecule has 5 heteroatoms. The van der Waals surface area contributed by atoms with E-state index in [1.54, 1.807) is 0 Å². The first-order valence-corrected chi connectivity index (χ1v) is 7.93. The third-order valence-electron chi connectivity index (χ3n) is 4.25. The third kappa shape index (κ3) is 2.56. The molecule has 0 radical (unpaired) electrons. The summed E-state index contributed by atoms with van der Waals surface area (Å²) in [6, 6.07) is 2.18. The van der Waals surface area contributed by atoms with Crippen LogP contribution < -0.4 is 0 Å². The fourth-order valence-electron chi connectivity index (χ4n) is 2.66. The summed E-state index contributed by atoms with van der Waals surface area (Å²) < 4.78 is 18.3. The topological polar surface area (TPSA) is 44.1 Å². The maximum absolute atomic E-state index is 11.9. The largest absolute Gasteiger partial charge is 0.285 e. The van der Waals surface area contributed by atoms with Crippen molar-refractivity contribution in [3.63, 3.8) is 0 Å². The van der Waals surface area contributed by atoms with Crippen LogP contribution in [0.4, 0.5) is 0 Å². The molecule has 0 saturated heterocycles. The SMILES string of the molecule is COS(=O)n1nc(-c2c(C)cc(C)c(C)c2C)c(C)c1C. The summed E-state index contributed by atoms with van der Waals surface area (Å²) in [5.41, 5.74) is 8.88. The van der Waals surface area contributed by atoms with Crippen LogP contribution in [0.1, 0.15) is 33.5 Å². The van der Waals surface area contributed by atoms with Crippen molar-refractivity contribution in [3.8, 4) is 11.3 Å². The van der Waals surface area contributed by atoms with Gasteiger partial charge in [0.1, 0.15) is 0 Å². The monoisotopic (exact) mass is 306 g/mol. The van der Waals surface area contributed by atoms with Gasteiger partial charge in [0.2, 0.25) is 0 Å². The van der Waals surface area contributed by atoms with E-state index in [4.69, 9.17) is 4.18 Å². The molecule has 4 nitrogen and oxygen atoms in total. The average molecular weight is 306 g/mol. The molecule has 0 aliphatic heterocycles. The predicted octanol–water partition coefficient (Wildman–Crippen LogP) is 3.47. The number of rotatable bonds is 3. The molecule has 2 rings (SSSR count). The Labute approximate surface area is 128 Å². The van der Waals surface area contributed by atoms with Crippen molar-refractivity contribution in [3.05, 3.63) is 39.6 Å². The van der Waals surface area contributed by atoms with Crippen LogP contribution in [-0.2, 0) is 15.4 Å². The molecule has 21 heavy (non-hydrogen) atoms. The van der Waals surface area contributed by atoms with Crippen LogP contribution in [0.2, 0.25) is 0 Å². The molecule has 0 N–H and O–H groups in total. The summed E-state index contributed by atoms with van der Waals surface area (Å²) in [5, 5.41) is 4.53. The van der Waals surface area contributed by atoms with Crippen molar-refractivity contribution in [2.24, 2.45) is 0 Å². The summed E-state index contributed by atoms with van der Waals surface area (Å²) in [5.74, 6) is 0. The number of aryl methyl sites for hydroxylation is 2. The minimum Gasteiger partial charge on any atom is -0.276 e. The van der Waals surface area contributed by atoms with Gasteiger partial charge in [0.25, 0.3) is 11.3 Å². The van der Waals surface area contributed by atoms with Crippen LogP contribution in [0.15, 0.2) is 6.07 Å². The molecular formula is C16H22N2O2S. The number of benzene rings is 1. The lowest BCUT2D eigenvalue weighted by atomic mass is 9.91. The van der Waals surface area contributed by atoms with Gasteiger partial charge in [-0.2, -0.15) is 9.19 Å². The molecular weight excluding hydrogens is 284 g/mol. The van der Waals surface area contributed by atoms with E-state index in [-0.39, 0.29) is 0 Å². The number of nitrogens with zero attached hydrogens (tertiary/aromatic N) is 2. The fourth-order valence-corrected chi connectivity index (χ4v) is 3.31. The van der Waals surface area contributed by atoms with E-state index < -0.39 is 11.3 Å². The lowest BCUT2D eigenvalue weighted by Crippen LogP contribution is -2.09. The normalized spacial score (nSPS) is 12.7. The first-order valence-electron chi connectivity index (χ1n) is 6.90. The zero-order chi connectivity index (χ0) is 15.9. The standard InChI is InChI=1S/C16H22N2O2S/c1-9-8-10(2)15(12(4)11(9)3)16-13(5)14(6)18(17-16)21(19)20-7/h8H,1-7H3. The molecule has 114 valence electrons. The summed E-state index contributed by atoms with van der Waals surface area (Å²) in [6.45, 7) is 12.4. The molecule has 0 fully saturated rings. The minimum atomic E-state index is -1.58. The second-order valence-electron chi connectivity index (χ2n) is 5.45. The van der Waals surface area contributed by atoms with Crippen LogP contribution in [0.25, 0.3) is 11.3 Å². The molecule has 1 aromatic heterocycles. The molecule has 2 aromatic rings. The lowest BCUT2D eigenvalue weighted by Gasteiger charge is -2.14. The van der Waals surface area contributed by atoms with Gasteiger partial charge in [0.05, 0.1) is 18.5 Å². The summed E-state index contributed by atoms with van der Waals surface area (Å²) in [6.07, 6.45) is 0.